The Kier molecular flexibility index (Phi) is 6.28. The third kappa shape index (κ3) is 4.77. The predicted molar refractivity (Wildman–Crippen MR) is 112 cm³/mol. The van der Waals surface area contributed by atoms with Gasteiger partial charge in [0.25, 0.3) is 0 Å². The topological polar surface area (TPSA) is 106 Å². The summed E-state index contributed by atoms with van der Waals surface area (Å²) >= 11 is 0. The molecule has 2 aromatic rings. The Balaban J connectivity index is 1.34. The number of aromatic nitrogens is 2. The van der Waals surface area contributed by atoms with Gasteiger partial charge in [0.15, 0.2) is 11.5 Å². The summed E-state index contributed by atoms with van der Waals surface area (Å²) < 4.78 is 43.7. The fourth-order valence-electron chi connectivity index (χ4n) is 3.81. The number of hydrogen-bond donors (Lipinski definition) is 2. The van der Waals surface area contributed by atoms with Gasteiger partial charge in [0, 0.05) is 37.3 Å². The lowest BCUT2D eigenvalue weighted by atomic mass is 10.1. The number of benzene rings is 1. The van der Waals surface area contributed by atoms with E-state index >= 15 is 0 Å². The van der Waals surface area contributed by atoms with Crippen LogP contribution in [0.15, 0.2) is 24.4 Å². The van der Waals surface area contributed by atoms with Crippen molar-refractivity contribution in [2.24, 2.45) is 0 Å². The van der Waals surface area contributed by atoms with Crippen molar-refractivity contribution in [2.45, 2.75) is 32.6 Å². The highest BCUT2D eigenvalue weighted by Crippen LogP contribution is 2.34. The highest BCUT2D eigenvalue weighted by Gasteiger charge is 2.30. The van der Waals surface area contributed by atoms with E-state index < -0.39 is 10.0 Å². The Hall–Kier alpha value is -2.14. The van der Waals surface area contributed by atoms with E-state index in [9.17, 15) is 8.42 Å². The van der Waals surface area contributed by atoms with Crippen molar-refractivity contribution in [2.75, 3.05) is 38.6 Å². The van der Waals surface area contributed by atoms with Gasteiger partial charge in [0.1, 0.15) is 13.2 Å². The van der Waals surface area contributed by atoms with Crippen molar-refractivity contribution in [3.63, 3.8) is 0 Å². The Bertz CT molecular complexity index is 967. The maximum Gasteiger partial charge on any atom is 0.215 e. The Labute approximate surface area is 176 Å². The quantitative estimate of drug-likeness (QED) is 0.632. The zero-order chi connectivity index (χ0) is 21.1. The number of ether oxygens (including phenoxy) is 3. The van der Waals surface area contributed by atoms with Crippen molar-refractivity contribution >= 4 is 10.0 Å². The van der Waals surface area contributed by atoms with E-state index in [4.69, 9.17) is 14.2 Å². The highest BCUT2D eigenvalue weighted by atomic mass is 32.2. The number of aromatic amines is 1. The van der Waals surface area contributed by atoms with E-state index in [-0.39, 0.29) is 18.0 Å². The van der Waals surface area contributed by atoms with Crippen molar-refractivity contribution in [3.8, 4) is 22.8 Å². The van der Waals surface area contributed by atoms with Gasteiger partial charge in [0.2, 0.25) is 10.0 Å². The first-order chi connectivity index (χ1) is 14.4. The van der Waals surface area contributed by atoms with E-state index in [2.05, 4.69) is 15.5 Å². The van der Waals surface area contributed by atoms with Gasteiger partial charge in [-0.15, -0.1) is 0 Å². The molecule has 1 saturated heterocycles. The molecule has 10 heteroatoms. The van der Waals surface area contributed by atoms with Gasteiger partial charge in [-0.3, -0.25) is 5.10 Å². The van der Waals surface area contributed by atoms with Gasteiger partial charge >= 0.3 is 0 Å². The number of H-pyrrole nitrogens is 1. The van der Waals surface area contributed by atoms with Gasteiger partial charge < -0.3 is 19.5 Å². The molecule has 3 heterocycles. The molecular weight excluding hydrogens is 408 g/mol. The summed E-state index contributed by atoms with van der Waals surface area (Å²) in [7, 11) is -3.33. The average molecular weight is 437 g/mol. The van der Waals surface area contributed by atoms with E-state index in [1.54, 1.807) is 6.20 Å². The summed E-state index contributed by atoms with van der Waals surface area (Å²) in [6.45, 7) is 6.55. The summed E-state index contributed by atoms with van der Waals surface area (Å²) in [6, 6.07) is 5.77. The molecule has 2 atom stereocenters. The van der Waals surface area contributed by atoms with Crippen molar-refractivity contribution in [3.05, 3.63) is 30.0 Å². The minimum Gasteiger partial charge on any atom is -0.486 e. The smallest absolute Gasteiger partial charge is 0.215 e. The molecular formula is C20H28N4O5S. The minimum absolute atomic E-state index is 0.0453. The van der Waals surface area contributed by atoms with Crippen LogP contribution >= 0.6 is 0 Å². The Morgan fingerprint density at radius 2 is 1.90 bits per heavy atom. The molecule has 0 unspecified atom stereocenters. The number of sulfonamides is 1. The number of fused-ring (bicyclic) bond motifs is 1. The molecule has 2 aliphatic rings. The van der Waals surface area contributed by atoms with Gasteiger partial charge in [0.05, 0.1) is 29.9 Å². The summed E-state index contributed by atoms with van der Waals surface area (Å²) in [6.07, 6.45) is 1.57. The number of nitrogens with one attached hydrogen (secondary N) is 2. The normalized spacial score (nSPS) is 22.2. The first kappa shape index (κ1) is 21.1. The lowest BCUT2D eigenvalue weighted by Gasteiger charge is -2.34. The first-order valence-corrected chi connectivity index (χ1v) is 11.8. The third-order valence-corrected chi connectivity index (χ3v) is 6.99. The molecule has 2 aliphatic heterocycles. The van der Waals surface area contributed by atoms with Crippen LogP contribution in [0.5, 0.6) is 11.5 Å². The van der Waals surface area contributed by atoms with Crippen LogP contribution in [0.4, 0.5) is 0 Å². The van der Waals surface area contributed by atoms with Crippen LogP contribution in [0, 0.1) is 0 Å². The van der Waals surface area contributed by atoms with Gasteiger partial charge in [-0.1, -0.05) is 0 Å². The maximum atomic E-state index is 12.6. The van der Waals surface area contributed by atoms with Crippen molar-refractivity contribution < 1.29 is 22.6 Å². The second kappa shape index (κ2) is 8.93. The molecule has 0 saturated carbocycles. The second-order valence-corrected chi connectivity index (χ2v) is 9.78. The van der Waals surface area contributed by atoms with Crippen LogP contribution in [-0.4, -0.2) is 73.7 Å². The van der Waals surface area contributed by atoms with Gasteiger partial charge in [-0.25, -0.2) is 8.42 Å². The highest BCUT2D eigenvalue weighted by molar-refractivity contribution is 7.89. The van der Waals surface area contributed by atoms with Gasteiger partial charge in [-0.05, 0) is 32.0 Å². The summed E-state index contributed by atoms with van der Waals surface area (Å²) in [5.74, 6) is 1.50. The predicted octanol–water partition coefficient (Wildman–Crippen LogP) is 1.38. The molecule has 1 aromatic carbocycles. The van der Waals surface area contributed by atoms with Crippen LogP contribution in [0.3, 0.4) is 0 Å². The minimum atomic E-state index is -3.33. The molecule has 164 valence electrons. The Morgan fingerprint density at radius 1 is 1.17 bits per heavy atom. The SMILES string of the molecule is C[C@H]1CN(S(=O)(=O)CCNCc2cn[nH]c2-c2ccc3c(c2)OCCO3)C[C@H](C)O1. The molecule has 0 amide bonds. The third-order valence-electron chi connectivity index (χ3n) is 5.18. The lowest BCUT2D eigenvalue weighted by molar-refractivity contribution is -0.0440. The summed E-state index contributed by atoms with van der Waals surface area (Å²) in [5, 5.41) is 10.4. The van der Waals surface area contributed by atoms with Crippen molar-refractivity contribution in [1.82, 2.24) is 19.8 Å². The molecule has 0 spiro atoms. The average Bonchev–Trinajstić information content (AvgIpc) is 3.19. The monoisotopic (exact) mass is 436 g/mol. The summed E-state index contributed by atoms with van der Waals surface area (Å²) in [4.78, 5) is 0. The largest absolute Gasteiger partial charge is 0.486 e. The lowest BCUT2D eigenvalue weighted by Crippen LogP contribution is -2.49. The molecule has 1 aromatic heterocycles. The molecule has 0 radical (unpaired) electrons. The molecule has 1 fully saturated rings. The number of rotatable bonds is 7. The zero-order valence-electron chi connectivity index (χ0n) is 17.3. The standard InChI is InChI=1S/C20H28N4O5S/c1-14-12-24(13-15(2)29-14)30(25,26)8-5-21-10-17-11-22-23-20(17)16-3-4-18-19(9-16)28-7-6-27-18/h3-4,9,11,14-15,21H,5-8,10,12-13H2,1-2H3,(H,22,23)/t14-,15-/m0/s1. The van der Waals surface area contributed by atoms with E-state index in [1.807, 2.05) is 32.0 Å². The van der Waals surface area contributed by atoms with E-state index in [0.717, 1.165) is 22.6 Å². The molecule has 0 aliphatic carbocycles. The molecule has 9 nitrogen and oxygen atoms in total. The van der Waals surface area contributed by atoms with Crippen LogP contribution in [-0.2, 0) is 21.3 Å². The number of hydrogen-bond acceptors (Lipinski definition) is 7. The number of morpholine rings is 1. The van der Waals surface area contributed by atoms with Crippen molar-refractivity contribution in [1.29, 1.82) is 0 Å². The van der Waals surface area contributed by atoms with Crippen LogP contribution < -0.4 is 14.8 Å². The Morgan fingerprint density at radius 3 is 2.67 bits per heavy atom. The zero-order valence-corrected chi connectivity index (χ0v) is 18.1. The maximum absolute atomic E-state index is 12.6. The fourth-order valence-corrected chi connectivity index (χ4v) is 5.34. The van der Waals surface area contributed by atoms with Crippen LogP contribution in [0.2, 0.25) is 0 Å². The second-order valence-electron chi connectivity index (χ2n) is 7.70. The van der Waals surface area contributed by atoms with Crippen LogP contribution in [0.25, 0.3) is 11.3 Å². The fraction of sp³-hybridized carbons (Fsp3) is 0.550. The first-order valence-electron chi connectivity index (χ1n) is 10.2. The van der Waals surface area contributed by atoms with Gasteiger partial charge in [-0.2, -0.15) is 9.40 Å². The van der Waals surface area contributed by atoms with Crippen LogP contribution in [0.1, 0.15) is 19.4 Å². The summed E-state index contributed by atoms with van der Waals surface area (Å²) in [5.41, 5.74) is 2.77. The number of nitrogens with zero attached hydrogens (tertiary/aromatic N) is 2. The van der Waals surface area contributed by atoms with E-state index in [1.165, 1.54) is 4.31 Å². The molecule has 30 heavy (non-hydrogen) atoms. The molecule has 0 bridgehead atoms. The van der Waals surface area contributed by atoms with E-state index in [0.29, 0.717) is 45.1 Å². The molecule has 2 N–H and O–H groups in total. The molecule has 4 rings (SSSR count).